The fourth-order valence-electron chi connectivity index (χ4n) is 2.84. The molecular weight excluding hydrogens is 284 g/mol. The van der Waals surface area contributed by atoms with Crippen LogP contribution >= 0.6 is 0 Å². The second-order valence-corrected chi connectivity index (χ2v) is 5.36. The van der Waals surface area contributed by atoms with E-state index in [1.807, 2.05) is 13.8 Å². The van der Waals surface area contributed by atoms with Gasteiger partial charge < -0.3 is 0 Å². The van der Waals surface area contributed by atoms with Crippen LogP contribution in [0.25, 0.3) is 10.8 Å². The highest BCUT2D eigenvalue weighted by Gasteiger charge is 2.36. The number of carbonyl (C=O) groups is 2. The van der Waals surface area contributed by atoms with E-state index in [1.165, 1.54) is 17.0 Å². The van der Waals surface area contributed by atoms with Crippen molar-refractivity contribution < 1.29 is 14.5 Å². The van der Waals surface area contributed by atoms with Crippen molar-refractivity contribution in [1.29, 1.82) is 0 Å². The van der Waals surface area contributed by atoms with Crippen LogP contribution in [-0.2, 0) is 0 Å². The van der Waals surface area contributed by atoms with Crippen LogP contribution in [0.1, 0.15) is 41.0 Å². The monoisotopic (exact) mass is 298 g/mol. The zero-order valence-electron chi connectivity index (χ0n) is 12.2. The molecule has 0 radical (unpaired) electrons. The minimum Gasteiger partial charge on any atom is -0.272 e. The van der Waals surface area contributed by atoms with Crippen LogP contribution in [0.15, 0.2) is 30.3 Å². The van der Waals surface area contributed by atoms with Crippen molar-refractivity contribution >= 4 is 28.3 Å². The summed E-state index contributed by atoms with van der Waals surface area (Å²) in [6, 6.07) is 7.33. The highest BCUT2D eigenvalue weighted by molar-refractivity contribution is 6.26. The van der Waals surface area contributed by atoms with E-state index >= 15 is 0 Å². The molecule has 1 aliphatic rings. The van der Waals surface area contributed by atoms with Gasteiger partial charge in [-0.1, -0.05) is 13.0 Å². The molecule has 1 atom stereocenters. The summed E-state index contributed by atoms with van der Waals surface area (Å²) in [6.45, 7) is 3.71. The average molecular weight is 298 g/mol. The van der Waals surface area contributed by atoms with Gasteiger partial charge in [-0.2, -0.15) is 0 Å². The van der Waals surface area contributed by atoms with Gasteiger partial charge in [-0.3, -0.25) is 24.6 Å². The molecular formula is C16H14N2O4. The number of non-ortho nitro benzene ring substituents is 1. The zero-order chi connectivity index (χ0) is 16.0. The lowest BCUT2D eigenvalue weighted by atomic mass is 9.92. The maximum absolute atomic E-state index is 12.6. The van der Waals surface area contributed by atoms with E-state index in [0.29, 0.717) is 28.3 Å². The summed E-state index contributed by atoms with van der Waals surface area (Å²) in [5, 5.41) is 11.9. The van der Waals surface area contributed by atoms with Crippen LogP contribution in [0.4, 0.5) is 5.69 Å². The number of rotatable bonds is 3. The molecule has 0 saturated carbocycles. The highest BCUT2D eigenvalue weighted by Crippen LogP contribution is 2.35. The molecule has 112 valence electrons. The van der Waals surface area contributed by atoms with Crippen molar-refractivity contribution in [2.45, 2.75) is 26.3 Å². The first-order valence-corrected chi connectivity index (χ1v) is 7.05. The second kappa shape index (κ2) is 4.91. The summed E-state index contributed by atoms with van der Waals surface area (Å²) in [5.41, 5.74) is 0.588. The molecule has 0 aliphatic carbocycles. The molecule has 0 N–H and O–H groups in total. The minimum absolute atomic E-state index is 0.0989. The van der Waals surface area contributed by atoms with Gasteiger partial charge in [-0.05, 0) is 31.5 Å². The molecule has 0 saturated heterocycles. The number of imide groups is 1. The van der Waals surface area contributed by atoms with Crippen molar-refractivity contribution in [3.8, 4) is 0 Å². The minimum atomic E-state index is -0.501. The molecule has 2 amide bonds. The SMILES string of the molecule is CC[C@H](C)N1C(=O)c2cccc3c([N+](=O)[O-])ccc(c23)C1=O. The molecule has 2 aromatic rings. The summed E-state index contributed by atoms with van der Waals surface area (Å²) in [4.78, 5) is 37.1. The van der Waals surface area contributed by atoms with Gasteiger partial charge in [0.05, 0.1) is 10.3 Å². The number of amides is 2. The molecule has 2 aromatic carbocycles. The number of nitro benzene ring substituents is 1. The summed E-state index contributed by atoms with van der Waals surface area (Å²) in [7, 11) is 0. The quantitative estimate of drug-likeness (QED) is 0.495. The van der Waals surface area contributed by atoms with Crippen molar-refractivity contribution in [2.24, 2.45) is 0 Å². The maximum Gasteiger partial charge on any atom is 0.277 e. The third-order valence-electron chi connectivity index (χ3n) is 4.14. The van der Waals surface area contributed by atoms with Gasteiger partial charge in [-0.15, -0.1) is 0 Å². The lowest BCUT2D eigenvalue weighted by Crippen LogP contribution is -2.45. The van der Waals surface area contributed by atoms with Gasteiger partial charge in [-0.25, -0.2) is 0 Å². The topological polar surface area (TPSA) is 80.5 Å². The number of nitro groups is 1. The Morgan fingerprint density at radius 1 is 1.14 bits per heavy atom. The van der Waals surface area contributed by atoms with Crippen LogP contribution < -0.4 is 0 Å². The third kappa shape index (κ3) is 1.80. The van der Waals surface area contributed by atoms with Crippen molar-refractivity contribution in [2.75, 3.05) is 0 Å². The van der Waals surface area contributed by atoms with E-state index in [2.05, 4.69) is 0 Å². The van der Waals surface area contributed by atoms with Crippen LogP contribution in [0.5, 0.6) is 0 Å². The van der Waals surface area contributed by atoms with E-state index in [1.54, 1.807) is 18.2 Å². The molecule has 1 aliphatic heterocycles. The number of hydrogen-bond donors (Lipinski definition) is 0. The number of benzene rings is 2. The van der Waals surface area contributed by atoms with E-state index in [-0.39, 0.29) is 11.7 Å². The summed E-state index contributed by atoms with van der Waals surface area (Å²) < 4.78 is 0. The van der Waals surface area contributed by atoms with Crippen molar-refractivity contribution in [1.82, 2.24) is 4.90 Å². The van der Waals surface area contributed by atoms with Crippen molar-refractivity contribution in [3.63, 3.8) is 0 Å². The maximum atomic E-state index is 12.6. The van der Waals surface area contributed by atoms with E-state index in [4.69, 9.17) is 0 Å². The van der Waals surface area contributed by atoms with E-state index in [9.17, 15) is 19.7 Å². The molecule has 6 heteroatoms. The first-order chi connectivity index (χ1) is 10.5. The highest BCUT2D eigenvalue weighted by atomic mass is 16.6. The Labute approximate surface area is 126 Å². The summed E-state index contributed by atoms with van der Waals surface area (Å²) in [6.07, 6.45) is 0.649. The Bertz CT molecular complexity index is 806. The molecule has 22 heavy (non-hydrogen) atoms. The van der Waals surface area contributed by atoms with Crippen LogP contribution in [0.2, 0.25) is 0 Å². The molecule has 3 rings (SSSR count). The predicted molar refractivity (Wildman–Crippen MR) is 80.9 cm³/mol. The van der Waals surface area contributed by atoms with Gasteiger partial charge in [0.25, 0.3) is 17.5 Å². The lowest BCUT2D eigenvalue weighted by Gasteiger charge is -2.31. The van der Waals surface area contributed by atoms with Gasteiger partial charge in [0.15, 0.2) is 0 Å². The first kappa shape index (κ1) is 14.2. The summed E-state index contributed by atoms with van der Waals surface area (Å²) in [5.74, 6) is -0.782. The lowest BCUT2D eigenvalue weighted by molar-refractivity contribution is -0.383. The average Bonchev–Trinajstić information content (AvgIpc) is 2.51. The molecule has 0 spiro atoms. The largest absolute Gasteiger partial charge is 0.277 e. The normalized spacial score (nSPS) is 15.3. The number of hydrogen-bond acceptors (Lipinski definition) is 4. The third-order valence-corrected chi connectivity index (χ3v) is 4.14. The van der Waals surface area contributed by atoms with Crippen LogP contribution in [-0.4, -0.2) is 27.7 Å². The van der Waals surface area contributed by atoms with Crippen LogP contribution in [0.3, 0.4) is 0 Å². The van der Waals surface area contributed by atoms with Gasteiger partial charge >= 0.3 is 0 Å². The Balaban J connectivity index is 2.35. The molecule has 1 heterocycles. The zero-order valence-corrected chi connectivity index (χ0v) is 12.2. The van der Waals surface area contributed by atoms with Crippen LogP contribution in [0, 0.1) is 10.1 Å². The fraction of sp³-hybridized carbons (Fsp3) is 0.250. The first-order valence-electron chi connectivity index (χ1n) is 7.05. The Morgan fingerprint density at radius 2 is 1.77 bits per heavy atom. The smallest absolute Gasteiger partial charge is 0.272 e. The molecule has 0 aromatic heterocycles. The molecule has 0 fully saturated rings. The van der Waals surface area contributed by atoms with E-state index < -0.39 is 16.7 Å². The fourth-order valence-corrected chi connectivity index (χ4v) is 2.84. The molecule has 6 nitrogen and oxygen atoms in total. The van der Waals surface area contributed by atoms with Gasteiger partial charge in [0.1, 0.15) is 0 Å². The second-order valence-electron chi connectivity index (χ2n) is 5.36. The Morgan fingerprint density at radius 3 is 2.36 bits per heavy atom. The Kier molecular flexibility index (Phi) is 3.16. The molecule has 0 unspecified atom stereocenters. The van der Waals surface area contributed by atoms with Gasteiger partial charge in [0.2, 0.25) is 0 Å². The standard InChI is InChI=1S/C16H14N2O4/c1-3-9(2)17-15(19)11-6-4-5-10-13(18(21)22)8-7-12(14(10)11)16(17)20/h4-9H,3H2,1-2H3/t9-/m0/s1. The number of nitrogens with zero attached hydrogens (tertiary/aromatic N) is 2. The van der Waals surface area contributed by atoms with E-state index in [0.717, 1.165) is 0 Å². The Hall–Kier alpha value is -2.76. The van der Waals surface area contributed by atoms with Gasteiger partial charge in [0, 0.05) is 28.6 Å². The number of carbonyl (C=O) groups excluding carboxylic acids is 2. The summed E-state index contributed by atoms with van der Waals surface area (Å²) >= 11 is 0. The van der Waals surface area contributed by atoms with Crippen molar-refractivity contribution in [3.05, 3.63) is 51.6 Å². The predicted octanol–water partition coefficient (Wildman–Crippen LogP) is 3.14. The molecule has 0 bridgehead atoms.